The lowest BCUT2D eigenvalue weighted by Gasteiger charge is -2.22. The van der Waals surface area contributed by atoms with Crippen molar-refractivity contribution >= 4 is 23.2 Å². The fourth-order valence-electron chi connectivity index (χ4n) is 3.27. The summed E-state index contributed by atoms with van der Waals surface area (Å²) in [6.45, 7) is 0.289. The lowest BCUT2D eigenvalue weighted by atomic mass is 10.0. The summed E-state index contributed by atoms with van der Waals surface area (Å²) >= 11 is 5.23. The van der Waals surface area contributed by atoms with E-state index in [4.69, 9.17) is 21.7 Å². The standard InChI is InChI=1S/C18H23N3O3S/c1-23-14-4-6-15(7-5-14)24-9-8-17(22)20-21-18(25)19-16-11-12-2-3-13(16)10-12/h2-7,12-13,16H,8-11H2,1H3,(H,20,22)(H2,19,21,25)/t12-,13-,16-/m0/s1. The highest BCUT2D eigenvalue weighted by molar-refractivity contribution is 7.80. The van der Waals surface area contributed by atoms with Crippen molar-refractivity contribution < 1.29 is 14.3 Å². The normalized spacial score (nSPS) is 23.2. The molecule has 1 fully saturated rings. The Morgan fingerprint density at radius 2 is 1.92 bits per heavy atom. The molecule has 0 unspecified atom stereocenters. The van der Waals surface area contributed by atoms with Crippen molar-refractivity contribution in [3.8, 4) is 11.5 Å². The van der Waals surface area contributed by atoms with E-state index in [0.29, 0.717) is 28.7 Å². The van der Waals surface area contributed by atoms with Crippen LogP contribution in [0.5, 0.6) is 11.5 Å². The first-order chi connectivity index (χ1) is 12.1. The molecule has 0 heterocycles. The molecule has 0 saturated heterocycles. The lowest BCUT2D eigenvalue weighted by molar-refractivity contribution is -0.122. The number of thiocarbonyl (C=S) groups is 1. The van der Waals surface area contributed by atoms with E-state index in [0.717, 1.165) is 12.2 Å². The second-order valence-corrected chi connectivity index (χ2v) is 6.72. The molecule has 3 atom stereocenters. The number of allylic oxidation sites excluding steroid dienone is 1. The molecule has 25 heavy (non-hydrogen) atoms. The number of benzene rings is 1. The van der Waals surface area contributed by atoms with Crippen LogP contribution in [0.2, 0.25) is 0 Å². The third kappa shape index (κ3) is 4.85. The fourth-order valence-corrected chi connectivity index (χ4v) is 3.48. The average Bonchev–Trinajstić information content (AvgIpc) is 3.23. The maximum atomic E-state index is 11.8. The van der Waals surface area contributed by atoms with Crippen LogP contribution >= 0.6 is 12.2 Å². The van der Waals surface area contributed by atoms with Crippen LogP contribution in [0.25, 0.3) is 0 Å². The predicted molar refractivity (Wildman–Crippen MR) is 99.3 cm³/mol. The van der Waals surface area contributed by atoms with Gasteiger partial charge in [-0.1, -0.05) is 12.2 Å². The van der Waals surface area contributed by atoms with Gasteiger partial charge < -0.3 is 14.8 Å². The molecule has 1 aromatic rings. The van der Waals surface area contributed by atoms with Crippen molar-refractivity contribution in [2.75, 3.05) is 13.7 Å². The van der Waals surface area contributed by atoms with E-state index in [-0.39, 0.29) is 18.9 Å². The van der Waals surface area contributed by atoms with Crippen LogP contribution in [-0.4, -0.2) is 30.8 Å². The van der Waals surface area contributed by atoms with Gasteiger partial charge in [-0.25, -0.2) is 0 Å². The van der Waals surface area contributed by atoms with Crippen molar-refractivity contribution in [3.05, 3.63) is 36.4 Å². The first kappa shape index (κ1) is 17.5. The third-order valence-electron chi connectivity index (χ3n) is 4.57. The minimum Gasteiger partial charge on any atom is -0.497 e. The van der Waals surface area contributed by atoms with Gasteiger partial charge in [0.15, 0.2) is 5.11 Å². The van der Waals surface area contributed by atoms with E-state index in [1.807, 2.05) is 12.1 Å². The lowest BCUT2D eigenvalue weighted by Crippen LogP contribution is -2.50. The summed E-state index contributed by atoms with van der Waals surface area (Å²) in [4.78, 5) is 11.8. The topological polar surface area (TPSA) is 71.6 Å². The zero-order valence-electron chi connectivity index (χ0n) is 14.2. The number of rotatable bonds is 6. The molecule has 1 saturated carbocycles. The largest absolute Gasteiger partial charge is 0.497 e. The van der Waals surface area contributed by atoms with E-state index in [2.05, 4.69) is 28.3 Å². The molecule has 1 aromatic carbocycles. The first-order valence-electron chi connectivity index (χ1n) is 8.44. The molecule has 134 valence electrons. The molecule has 3 rings (SSSR count). The molecule has 0 spiro atoms. The Hall–Kier alpha value is -2.28. The summed E-state index contributed by atoms with van der Waals surface area (Å²) in [5.41, 5.74) is 5.35. The van der Waals surface area contributed by atoms with Crippen LogP contribution in [0.1, 0.15) is 19.3 Å². The fraction of sp³-hybridized carbons (Fsp3) is 0.444. The second kappa shape index (κ2) is 8.20. The summed E-state index contributed by atoms with van der Waals surface area (Å²) in [7, 11) is 1.61. The van der Waals surface area contributed by atoms with Crippen LogP contribution < -0.4 is 25.6 Å². The zero-order chi connectivity index (χ0) is 17.6. The van der Waals surface area contributed by atoms with Crippen LogP contribution in [-0.2, 0) is 4.79 Å². The number of nitrogens with one attached hydrogen (secondary N) is 3. The summed E-state index contributed by atoms with van der Waals surface area (Å²) in [5, 5.41) is 3.72. The Morgan fingerprint density at radius 1 is 1.16 bits per heavy atom. The molecule has 7 heteroatoms. The number of methoxy groups -OCH3 is 1. The summed E-state index contributed by atoms with van der Waals surface area (Å²) in [6.07, 6.45) is 7.08. The van der Waals surface area contributed by atoms with Gasteiger partial charge in [-0.2, -0.15) is 0 Å². The zero-order valence-corrected chi connectivity index (χ0v) is 15.0. The number of hydrogen-bond donors (Lipinski definition) is 3. The quantitative estimate of drug-likeness (QED) is 0.409. The van der Waals surface area contributed by atoms with Gasteiger partial charge in [-0.3, -0.25) is 15.6 Å². The van der Waals surface area contributed by atoms with Gasteiger partial charge in [0, 0.05) is 6.04 Å². The SMILES string of the molecule is COc1ccc(OCCC(=O)NNC(=S)N[C@H]2C[C@H]3C=C[C@H]2C3)cc1. The van der Waals surface area contributed by atoms with Crippen molar-refractivity contribution in [1.29, 1.82) is 0 Å². The van der Waals surface area contributed by atoms with E-state index in [1.54, 1.807) is 19.2 Å². The van der Waals surface area contributed by atoms with Gasteiger partial charge in [-0.05, 0) is 61.2 Å². The summed E-state index contributed by atoms with van der Waals surface area (Å²) in [6, 6.07) is 7.60. The maximum absolute atomic E-state index is 11.8. The van der Waals surface area contributed by atoms with Crippen LogP contribution in [0.3, 0.4) is 0 Å². The predicted octanol–water partition coefficient (Wildman–Crippen LogP) is 1.92. The Kier molecular flexibility index (Phi) is 5.75. The number of fused-ring (bicyclic) bond motifs is 2. The van der Waals surface area contributed by atoms with Crippen molar-refractivity contribution in [2.45, 2.75) is 25.3 Å². The van der Waals surface area contributed by atoms with Gasteiger partial charge in [0.2, 0.25) is 5.91 Å². The third-order valence-corrected chi connectivity index (χ3v) is 4.79. The molecule has 1 amide bonds. The number of amides is 1. The molecular formula is C18H23N3O3S. The van der Waals surface area contributed by atoms with E-state index in [1.165, 1.54) is 6.42 Å². The number of ether oxygens (including phenoxy) is 2. The molecular weight excluding hydrogens is 338 g/mol. The van der Waals surface area contributed by atoms with Crippen molar-refractivity contribution in [1.82, 2.24) is 16.2 Å². The molecule has 2 aliphatic rings. The molecule has 0 aromatic heterocycles. The second-order valence-electron chi connectivity index (χ2n) is 6.31. The Labute approximate surface area is 152 Å². The highest BCUT2D eigenvalue weighted by Gasteiger charge is 2.35. The van der Waals surface area contributed by atoms with Gasteiger partial charge in [-0.15, -0.1) is 0 Å². The maximum Gasteiger partial charge on any atom is 0.241 e. The molecule has 0 aliphatic heterocycles. The van der Waals surface area contributed by atoms with Crippen molar-refractivity contribution in [3.63, 3.8) is 0 Å². The summed E-state index contributed by atoms with van der Waals surface area (Å²) in [5.74, 6) is 2.52. The Balaban J connectivity index is 1.29. The monoisotopic (exact) mass is 361 g/mol. The average molecular weight is 361 g/mol. The van der Waals surface area contributed by atoms with Crippen molar-refractivity contribution in [2.24, 2.45) is 11.8 Å². The molecule has 2 aliphatic carbocycles. The first-order valence-corrected chi connectivity index (χ1v) is 8.85. The number of carbonyl (C=O) groups is 1. The van der Waals surface area contributed by atoms with E-state index >= 15 is 0 Å². The highest BCUT2D eigenvalue weighted by atomic mass is 32.1. The molecule has 0 radical (unpaired) electrons. The van der Waals surface area contributed by atoms with Gasteiger partial charge >= 0.3 is 0 Å². The molecule has 2 bridgehead atoms. The number of hydrazine groups is 1. The van der Waals surface area contributed by atoms with Crippen LogP contribution in [0, 0.1) is 11.8 Å². The van der Waals surface area contributed by atoms with E-state index in [9.17, 15) is 4.79 Å². The van der Waals surface area contributed by atoms with Crippen LogP contribution in [0.4, 0.5) is 0 Å². The molecule has 3 N–H and O–H groups in total. The van der Waals surface area contributed by atoms with Gasteiger partial charge in [0.25, 0.3) is 0 Å². The van der Waals surface area contributed by atoms with Gasteiger partial charge in [0.05, 0.1) is 20.1 Å². The number of hydrogen-bond acceptors (Lipinski definition) is 4. The van der Waals surface area contributed by atoms with Crippen LogP contribution in [0.15, 0.2) is 36.4 Å². The Morgan fingerprint density at radius 3 is 2.56 bits per heavy atom. The molecule has 6 nitrogen and oxygen atoms in total. The number of carbonyl (C=O) groups excluding carboxylic acids is 1. The van der Waals surface area contributed by atoms with Gasteiger partial charge in [0.1, 0.15) is 11.5 Å². The minimum absolute atomic E-state index is 0.175. The Bertz CT molecular complexity index is 647. The highest BCUT2D eigenvalue weighted by Crippen LogP contribution is 2.38. The smallest absolute Gasteiger partial charge is 0.241 e. The summed E-state index contributed by atoms with van der Waals surface area (Å²) < 4.78 is 10.6. The minimum atomic E-state index is -0.175. The van der Waals surface area contributed by atoms with E-state index < -0.39 is 0 Å².